The van der Waals surface area contributed by atoms with Crippen LogP contribution < -0.4 is 5.32 Å². The Morgan fingerprint density at radius 1 is 1.03 bits per heavy atom. The van der Waals surface area contributed by atoms with Gasteiger partial charge in [-0.3, -0.25) is 14.4 Å². The molecule has 7 heteroatoms. The van der Waals surface area contributed by atoms with Gasteiger partial charge in [-0.1, -0.05) is 13.8 Å². The number of rotatable bonds is 8. The summed E-state index contributed by atoms with van der Waals surface area (Å²) in [5, 5.41) is 23.4. The number of aliphatic carboxylic acids is 1. The van der Waals surface area contributed by atoms with E-state index in [2.05, 4.69) is 19.2 Å². The fraction of sp³-hybridized carbons (Fsp3) is 0.893. The first kappa shape index (κ1) is 26.4. The zero-order valence-corrected chi connectivity index (χ0v) is 21.7. The Balaban J connectivity index is 1.38. The molecule has 0 heterocycles. The molecule has 0 aromatic carbocycles. The predicted molar refractivity (Wildman–Crippen MR) is 131 cm³/mol. The second-order valence-electron chi connectivity index (χ2n) is 12.4. The first-order valence-electron chi connectivity index (χ1n) is 13.9. The van der Waals surface area contributed by atoms with E-state index in [0.717, 1.165) is 32.1 Å². The standard InChI is InChI=1S/C28H45NO6/c1-16(4-11-26(34)35-3)19-5-6-21-20(19)7-8-22-27(21)23(30)15-17-14-18(12-13-28(17,22)2)29-24(31)9-10-25(32)33/h16-23,27,30H,4-15H2,1-3H3,(H,29,31)(H,32,33)/t16-,17+,18-,19-,20?,21-,22+,23+,27+,28+/m1/s1. The third-order valence-electron chi connectivity index (χ3n) is 10.7. The molecule has 0 bridgehead atoms. The van der Waals surface area contributed by atoms with E-state index >= 15 is 0 Å². The van der Waals surface area contributed by atoms with E-state index in [1.54, 1.807) is 0 Å². The number of amides is 1. The topological polar surface area (TPSA) is 113 Å². The van der Waals surface area contributed by atoms with Crippen LogP contribution in [0, 0.1) is 46.8 Å². The number of carboxylic acid groups (broad SMARTS) is 1. The van der Waals surface area contributed by atoms with Crippen molar-refractivity contribution in [3.8, 4) is 0 Å². The summed E-state index contributed by atoms with van der Waals surface area (Å²) in [6.45, 7) is 4.73. The Hall–Kier alpha value is -1.63. The molecular weight excluding hydrogens is 446 g/mol. The fourth-order valence-corrected chi connectivity index (χ4v) is 8.96. The van der Waals surface area contributed by atoms with Crippen molar-refractivity contribution in [1.29, 1.82) is 0 Å². The monoisotopic (exact) mass is 491 g/mol. The molecule has 1 amide bonds. The molecule has 4 aliphatic rings. The van der Waals surface area contributed by atoms with Gasteiger partial charge in [-0.15, -0.1) is 0 Å². The van der Waals surface area contributed by atoms with Crippen LogP contribution in [-0.4, -0.2) is 47.3 Å². The zero-order chi connectivity index (χ0) is 25.3. The summed E-state index contributed by atoms with van der Waals surface area (Å²) in [5.74, 6) is 2.44. The van der Waals surface area contributed by atoms with Gasteiger partial charge in [-0.05, 0) is 105 Å². The number of carboxylic acids is 1. The summed E-state index contributed by atoms with van der Waals surface area (Å²) in [7, 11) is 1.46. The number of fused-ring (bicyclic) bond motifs is 5. The second kappa shape index (κ2) is 10.8. The summed E-state index contributed by atoms with van der Waals surface area (Å²) in [6, 6.07) is 0.0842. The smallest absolute Gasteiger partial charge is 0.305 e. The minimum absolute atomic E-state index is 0.0311. The van der Waals surface area contributed by atoms with Gasteiger partial charge in [0.1, 0.15) is 0 Å². The number of aliphatic hydroxyl groups is 1. The SMILES string of the molecule is COC(=O)CC[C@@H](C)[C@H]1CC[C@@H]2C1CC[C@H]1[C@H]2[C@@H](O)C[C@@H]2C[C@H](NC(=O)CCC(=O)O)CC[C@@]21C. The van der Waals surface area contributed by atoms with Crippen molar-refractivity contribution in [2.24, 2.45) is 46.8 Å². The molecule has 7 nitrogen and oxygen atoms in total. The summed E-state index contributed by atoms with van der Waals surface area (Å²) < 4.78 is 4.85. The molecular formula is C28H45NO6. The first-order chi connectivity index (χ1) is 16.6. The molecule has 0 aromatic heterocycles. The number of nitrogens with one attached hydrogen (secondary N) is 1. The van der Waals surface area contributed by atoms with Crippen LogP contribution in [0.25, 0.3) is 0 Å². The lowest BCUT2D eigenvalue weighted by Gasteiger charge is -2.60. The van der Waals surface area contributed by atoms with Crippen LogP contribution in [0.5, 0.6) is 0 Å². The van der Waals surface area contributed by atoms with E-state index in [-0.39, 0.29) is 42.3 Å². The Bertz CT molecular complexity index is 800. The Morgan fingerprint density at radius 3 is 2.49 bits per heavy atom. The van der Waals surface area contributed by atoms with Gasteiger partial charge in [-0.25, -0.2) is 0 Å². The third kappa shape index (κ3) is 5.40. The molecule has 4 saturated carbocycles. The minimum Gasteiger partial charge on any atom is -0.481 e. The highest BCUT2D eigenvalue weighted by atomic mass is 16.5. The largest absolute Gasteiger partial charge is 0.481 e. The van der Waals surface area contributed by atoms with Gasteiger partial charge >= 0.3 is 11.9 Å². The van der Waals surface area contributed by atoms with Crippen LogP contribution in [0.3, 0.4) is 0 Å². The van der Waals surface area contributed by atoms with E-state index in [1.165, 1.54) is 32.8 Å². The minimum atomic E-state index is -0.944. The molecule has 4 rings (SSSR count). The van der Waals surface area contributed by atoms with Crippen molar-refractivity contribution < 1.29 is 29.3 Å². The van der Waals surface area contributed by atoms with E-state index < -0.39 is 5.97 Å². The highest BCUT2D eigenvalue weighted by Gasteiger charge is 2.59. The van der Waals surface area contributed by atoms with Crippen LogP contribution in [0.15, 0.2) is 0 Å². The van der Waals surface area contributed by atoms with Crippen LogP contribution in [0.2, 0.25) is 0 Å². The quantitative estimate of drug-likeness (QED) is 0.439. The van der Waals surface area contributed by atoms with E-state index in [0.29, 0.717) is 47.8 Å². The Kier molecular flexibility index (Phi) is 8.14. The van der Waals surface area contributed by atoms with Crippen molar-refractivity contribution in [3.63, 3.8) is 0 Å². The number of esters is 1. The molecule has 198 valence electrons. The number of ether oxygens (including phenoxy) is 1. The molecule has 35 heavy (non-hydrogen) atoms. The highest BCUT2D eigenvalue weighted by molar-refractivity contribution is 5.80. The van der Waals surface area contributed by atoms with Crippen molar-refractivity contribution in [1.82, 2.24) is 5.32 Å². The maximum absolute atomic E-state index is 12.2. The molecule has 0 aliphatic heterocycles. The van der Waals surface area contributed by atoms with Gasteiger partial charge in [0.15, 0.2) is 0 Å². The maximum atomic E-state index is 12.2. The number of aliphatic hydroxyl groups excluding tert-OH is 1. The predicted octanol–water partition coefficient (Wildman–Crippen LogP) is 4.16. The first-order valence-corrected chi connectivity index (χ1v) is 13.9. The summed E-state index contributed by atoms with van der Waals surface area (Å²) in [6.07, 6.45) is 9.49. The van der Waals surface area contributed by atoms with E-state index in [9.17, 15) is 19.5 Å². The average molecular weight is 492 g/mol. The lowest BCUT2D eigenvalue weighted by Crippen LogP contribution is -2.58. The summed E-state index contributed by atoms with van der Waals surface area (Å²) in [4.78, 5) is 34.6. The molecule has 3 N–H and O–H groups in total. The molecule has 0 aromatic rings. The molecule has 0 radical (unpaired) electrons. The lowest BCUT2D eigenvalue weighted by molar-refractivity contribution is -0.151. The van der Waals surface area contributed by atoms with Gasteiger partial charge in [0, 0.05) is 18.9 Å². The summed E-state index contributed by atoms with van der Waals surface area (Å²) in [5.41, 5.74) is 0.200. The van der Waals surface area contributed by atoms with Crippen LogP contribution in [0.4, 0.5) is 0 Å². The molecule has 1 unspecified atom stereocenters. The lowest BCUT2D eigenvalue weighted by atomic mass is 9.46. The molecule has 0 spiro atoms. The van der Waals surface area contributed by atoms with Crippen LogP contribution in [-0.2, 0) is 19.1 Å². The van der Waals surface area contributed by atoms with Gasteiger partial charge in [0.05, 0.1) is 19.6 Å². The van der Waals surface area contributed by atoms with Gasteiger partial charge in [0.2, 0.25) is 5.91 Å². The number of carbonyl (C=O) groups is 3. The number of hydrogen-bond donors (Lipinski definition) is 3. The normalized spacial score (nSPS) is 41.1. The van der Waals surface area contributed by atoms with Gasteiger partial charge in [-0.2, -0.15) is 0 Å². The molecule has 4 fully saturated rings. The molecule has 0 saturated heterocycles. The number of carbonyl (C=O) groups excluding carboxylic acids is 2. The van der Waals surface area contributed by atoms with Crippen molar-refractivity contribution in [2.75, 3.05) is 7.11 Å². The summed E-state index contributed by atoms with van der Waals surface area (Å²) >= 11 is 0. The van der Waals surface area contributed by atoms with Gasteiger partial charge < -0.3 is 20.3 Å². The van der Waals surface area contributed by atoms with Crippen molar-refractivity contribution >= 4 is 17.8 Å². The Morgan fingerprint density at radius 2 is 1.77 bits per heavy atom. The Labute approximate surface area is 209 Å². The molecule has 4 aliphatic carbocycles. The van der Waals surface area contributed by atoms with Crippen LogP contribution >= 0.6 is 0 Å². The second-order valence-corrected chi connectivity index (χ2v) is 12.4. The van der Waals surface area contributed by atoms with Crippen molar-refractivity contribution in [3.05, 3.63) is 0 Å². The average Bonchev–Trinajstić information content (AvgIpc) is 3.26. The van der Waals surface area contributed by atoms with E-state index in [1.807, 2.05) is 0 Å². The zero-order valence-electron chi connectivity index (χ0n) is 21.7. The maximum Gasteiger partial charge on any atom is 0.305 e. The van der Waals surface area contributed by atoms with Gasteiger partial charge in [0.25, 0.3) is 0 Å². The third-order valence-corrected chi connectivity index (χ3v) is 10.7. The number of hydrogen-bond acceptors (Lipinski definition) is 5. The highest BCUT2D eigenvalue weighted by Crippen LogP contribution is 2.64. The fourth-order valence-electron chi connectivity index (χ4n) is 8.96. The number of methoxy groups -OCH3 is 1. The van der Waals surface area contributed by atoms with Crippen LogP contribution in [0.1, 0.15) is 90.9 Å². The van der Waals surface area contributed by atoms with Crippen molar-refractivity contribution in [2.45, 2.75) is 103 Å². The molecule has 10 atom stereocenters. The van der Waals surface area contributed by atoms with E-state index in [4.69, 9.17) is 9.84 Å².